The summed E-state index contributed by atoms with van der Waals surface area (Å²) in [6.45, 7) is 3.95. The van der Waals surface area contributed by atoms with E-state index in [2.05, 4.69) is 0 Å². The molecule has 0 spiro atoms. The lowest BCUT2D eigenvalue weighted by Gasteiger charge is -1.88. The first-order valence-corrected chi connectivity index (χ1v) is 7.25. The van der Waals surface area contributed by atoms with Crippen LogP contribution in [0.25, 0.3) is 0 Å². The molecule has 0 saturated heterocycles. The van der Waals surface area contributed by atoms with E-state index >= 15 is 0 Å². The summed E-state index contributed by atoms with van der Waals surface area (Å²) in [6.07, 6.45) is 4.16. The Kier molecular flexibility index (Phi) is 15.2. The molecule has 0 heterocycles. The van der Waals surface area contributed by atoms with Crippen LogP contribution in [0.1, 0.15) is 52.4 Å². The smallest absolute Gasteiger partial charge is 0.303 e. The number of aromatic hydroxyl groups is 2. The maximum Gasteiger partial charge on any atom is 0.303 e. The van der Waals surface area contributed by atoms with Crippen molar-refractivity contribution in [2.75, 3.05) is 0 Å². The molecule has 0 aliphatic carbocycles. The van der Waals surface area contributed by atoms with Crippen molar-refractivity contribution in [3.8, 4) is 11.5 Å². The molecule has 0 aliphatic heterocycles. The summed E-state index contributed by atoms with van der Waals surface area (Å²) < 4.78 is 0. The van der Waals surface area contributed by atoms with E-state index in [1.165, 1.54) is 24.3 Å². The molecule has 0 atom stereocenters. The van der Waals surface area contributed by atoms with Gasteiger partial charge in [0.25, 0.3) is 0 Å². The molecule has 0 radical (unpaired) electrons. The Bertz CT molecular complexity index is 361. The molecular weight excluding hydrogens is 288 g/mol. The fraction of sp³-hybridized carbons (Fsp3) is 0.500. The number of carboxylic acids is 2. The van der Waals surface area contributed by atoms with Crippen LogP contribution < -0.4 is 0 Å². The summed E-state index contributed by atoms with van der Waals surface area (Å²) in [5.74, 6) is -1.05. The van der Waals surface area contributed by atoms with E-state index in [4.69, 9.17) is 20.4 Å². The lowest BCUT2D eigenvalue weighted by Crippen LogP contribution is -1.91. The second-order valence-corrected chi connectivity index (χ2v) is 4.51. The first kappa shape index (κ1) is 22.0. The van der Waals surface area contributed by atoms with Gasteiger partial charge in [0, 0.05) is 12.8 Å². The van der Waals surface area contributed by atoms with E-state index in [0.29, 0.717) is 12.8 Å². The molecule has 126 valence electrons. The topological polar surface area (TPSA) is 115 Å². The number of unbranched alkanes of at least 4 members (excludes halogenated alkanes) is 2. The fourth-order valence-corrected chi connectivity index (χ4v) is 1.11. The number of hydrogen-bond acceptors (Lipinski definition) is 4. The van der Waals surface area contributed by atoms with Crippen molar-refractivity contribution in [3.63, 3.8) is 0 Å². The van der Waals surface area contributed by atoms with Crippen LogP contribution in [0.2, 0.25) is 0 Å². The molecule has 22 heavy (non-hydrogen) atoms. The number of carboxylic acid groups (broad SMARTS) is 2. The molecule has 0 fully saturated rings. The van der Waals surface area contributed by atoms with Crippen molar-refractivity contribution >= 4 is 11.9 Å². The number of hydrogen-bond donors (Lipinski definition) is 4. The van der Waals surface area contributed by atoms with Gasteiger partial charge in [-0.2, -0.15) is 0 Å². The summed E-state index contributed by atoms with van der Waals surface area (Å²) >= 11 is 0. The van der Waals surface area contributed by atoms with Gasteiger partial charge in [0.05, 0.1) is 0 Å². The number of carbonyl (C=O) groups is 2. The maximum atomic E-state index is 9.76. The Morgan fingerprint density at radius 2 is 1.05 bits per heavy atom. The van der Waals surface area contributed by atoms with Crippen LogP contribution in [0.4, 0.5) is 0 Å². The van der Waals surface area contributed by atoms with Gasteiger partial charge in [-0.05, 0) is 37.1 Å². The summed E-state index contributed by atoms with van der Waals surface area (Å²) in [6, 6.07) is 5.70. The largest absolute Gasteiger partial charge is 0.508 e. The SMILES string of the molecule is CCCCC(=O)O.CCCCC(=O)O.Oc1ccc(O)cc1. The highest BCUT2D eigenvalue weighted by Gasteiger charge is 1.91. The standard InChI is InChI=1S/C6H6O2.2C5H10O2/c7-5-1-2-6(8)4-3-5;2*1-2-3-4-5(6)7/h1-4,7-8H;2*2-4H2,1H3,(H,6,7). The highest BCUT2D eigenvalue weighted by Crippen LogP contribution is 2.13. The Morgan fingerprint density at radius 1 is 0.773 bits per heavy atom. The first-order valence-electron chi connectivity index (χ1n) is 7.25. The minimum atomic E-state index is -0.693. The lowest BCUT2D eigenvalue weighted by molar-refractivity contribution is -0.138. The van der Waals surface area contributed by atoms with Gasteiger partial charge in [-0.3, -0.25) is 9.59 Å². The second kappa shape index (κ2) is 15.2. The average Bonchev–Trinajstić information content (AvgIpc) is 2.47. The van der Waals surface area contributed by atoms with E-state index in [-0.39, 0.29) is 11.5 Å². The van der Waals surface area contributed by atoms with Gasteiger partial charge in [0.1, 0.15) is 11.5 Å². The summed E-state index contributed by atoms with van der Waals surface area (Å²) in [7, 11) is 0. The Morgan fingerprint density at radius 3 is 1.18 bits per heavy atom. The fourth-order valence-electron chi connectivity index (χ4n) is 1.11. The molecule has 1 rings (SSSR count). The third-order valence-electron chi connectivity index (χ3n) is 2.34. The van der Waals surface area contributed by atoms with Crippen LogP contribution in [0.3, 0.4) is 0 Å². The van der Waals surface area contributed by atoms with Gasteiger partial charge in [0.2, 0.25) is 0 Å². The van der Waals surface area contributed by atoms with Crippen molar-refractivity contribution in [3.05, 3.63) is 24.3 Å². The number of rotatable bonds is 6. The normalized spacial score (nSPS) is 8.82. The second-order valence-electron chi connectivity index (χ2n) is 4.51. The van der Waals surface area contributed by atoms with E-state index in [1.807, 2.05) is 13.8 Å². The van der Waals surface area contributed by atoms with Crippen LogP contribution in [0, 0.1) is 0 Å². The van der Waals surface area contributed by atoms with Crippen molar-refractivity contribution in [2.45, 2.75) is 52.4 Å². The predicted molar refractivity (Wildman–Crippen MR) is 84.1 cm³/mol. The molecule has 6 nitrogen and oxygen atoms in total. The van der Waals surface area contributed by atoms with E-state index in [9.17, 15) is 9.59 Å². The van der Waals surface area contributed by atoms with Crippen LogP contribution in [-0.2, 0) is 9.59 Å². The molecular formula is C16H26O6. The Hall–Kier alpha value is -2.24. The summed E-state index contributed by atoms with van der Waals surface area (Å²) in [5.41, 5.74) is 0. The van der Waals surface area contributed by atoms with Gasteiger partial charge in [-0.25, -0.2) is 0 Å². The zero-order valence-electron chi connectivity index (χ0n) is 13.2. The van der Waals surface area contributed by atoms with Crippen LogP contribution in [-0.4, -0.2) is 32.4 Å². The van der Waals surface area contributed by atoms with Gasteiger partial charge in [0.15, 0.2) is 0 Å². The lowest BCUT2D eigenvalue weighted by atomic mass is 10.3. The number of phenolic OH excluding ortho intramolecular Hbond substituents is 2. The van der Waals surface area contributed by atoms with E-state index in [0.717, 1.165) is 25.7 Å². The molecule has 6 heteroatoms. The summed E-state index contributed by atoms with van der Waals surface area (Å²) in [4.78, 5) is 19.5. The Labute approximate surface area is 131 Å². The molecule has 1 aromatic carbocycles. The van der Waals surface area contributed by atoms with Crippen LogP contribution in [0.15, 0.2) is 24.3 Å². The maximum absolute atomic E-state index is 9.76. The van der Waals surface area contributed by atoms with Crippen molar-refractivity contribution in [1.29, 1.82) is 0 Å². The van der Waals surface area contributed by atoms with Gasteiger partial charge < -0.3 is 20.4 Å². The molecule has 0 aliphatic rings. The molecule has 1 aromatic rings. The first-order chi connectivity index (χ1) is 10.3. The van der Waals surface area contributed by atoms with E-state index < -0.39 is 11.9 Å². The molecule has 0 saturated carbocycles. The van der Waals surface area contributed by atoms with Gasteiger partial charge in [-0.15, -0.1) is 0 Å². The Balaban J connectivity index is 0. The zero-order valence-corrected chi connectivity index (χ0v) is 13.2. The molecule has 0 unspecified atom stereocenters. The average molecular weight is 314 g/mol. The molecule has 4 N–H and O–H groups in total. The monoisotopic (exact) mass is 314 g/mol. The molecule has 0 aromatic heterocycles. The zero-order chi connectivity index (χ0) is 17.4. The van der Waals surface area contributed by atoms with Crippen molar-refractivity contribution in [2.24, 2.45) is 0 Å². The van der Waals surface area contributed by atoms with Gasteiger partial charge in [-0.1, -0.05) is 26.7 Å². The van der Waals surface area contributed by atoms with Crippen molar-refractivity contribution in [1.82, 2.24) is 0 Å². The van der Waals surface area contributed by atoms with Gasteiger partial charge >= 0.3 is 11.9 Å². The number of aliphatic carboxylic acids is 2. The number of phenols is 2. The highest BCUT2D eigenvalue weighted by molar-refractivity contribution is 5.66. The molecule has 0 amide bonds. The van der Waals surface area contributed by atoms with Crippen LogP contribution in [0.5, 0.6) is 11.5 Å². The summed E-state index contributed by atoms with van der Waals surface area (Å²) in [5, 5.41) is 33.4. The molecule has 0 bridgehead atoms. The third kappa shape index (κ3) is 20.1. The predicted octanol–water partition coefficient (Wildman–Crippen LogP) is 3.62. The van der Waals surface area contributed by atoms with Crippen molar-refractivity contribution < 1.29 is 30.0 Å². The van der Waals surface area contributed by atoms with Crippen LogP contribution >= 0.6 is 0 Å². The minimum absolute atomic E-state index is 0.169. The highest BCUT2D eigenvalue weighted by atomic mass is 16.4. The van der Waals surface area contributed by atoms with E-state index in [1.54, 1.807) is 0 Å². The number of benzene rings is 1. The minimum Gasteiger partial charge on any atom is -0.508 e. The third-order valence-corrected chi connectivity index (χ3v) is 2.34. The quantitative estimate of drug-likeness (QED) is 0.596.